The summed E-state index contributed by atoms with van der Waals surface area (Å²) < 4.78 is 23.3. The molecule has 0 radical (unpaired) electrons. The van der Waals surface area contributed by atoms with Crippen LogP contribution in [0.5, 0.6) is 0 Å². The molecule has 4 nitrogen and oxygen atoms in total. The third-order valence-corrected chi connectivity index (χ3v) is 4.23. The largest absolute Gasteiger partial charge is 0.342 e. The molecule has 2 aromatic rings. The number of para-hydroxylation sites is 1. The Hall–Kier alpha value is -1.36. The Labute approximate surface area is 100.0 Å². The lowest BCUT2D eigenvalue weighted by Crippen LogP contribution is -1.97. The quantitative estimate of drug-likeness (QED) is 0.905. The highest BCUT2D eigenvalue weighted by atomic mass is 32.2. The fourth-order valence-corrected chi connectivity index (χ4v) is 2.88. The van der Waals surface area contributed by atoms with Crippen molar-refractivity contribution in [3.63, 3.8) is 0 Å². The van der Waals surface area contributed by atoms with E-state index in [9.17, 15) is 8.42 Å². The summed E-state index contributed by atoms with van der Waals surface area (Å²) in [5, 5.41) is 0. The van der Waals surface area contributed by atoms with Crippen LogP contribution in [-0.2, 0) is 16.3 Å². The first-order valence-electron chi connectivity index (χ1n) is 5.72. The summed E-state index contributed by atoms with van der Waals surface area (Å²) in [4.78, 5) is 7.94. The van der Waals surface area contributed by atoms with E-state index in [1.54, 1.807) is 12.1 Å². The van der Waals surface area contributed by atoms with Gasteiger partial charge >= 0.3 is 0 Å². The second kappa shape index (κ2) is 3.57. The van der Waals surface area contributed by atoms with Crippen LogP contribution in [0.4, 0.5) is 0 Å². The van der Waals surface area contributed by atoms with E-state index >= 15 is 0 Å². The molecule has 0 spiro atoms. The monoisotopic (exact) mass is 250 g/mol. The van der Waals surface area contributed by atoms with Gasteiger partial charge in [-0.05, 0) is 30.9 Å². The van der Waals surface area contributed by atoms with E-state index in [4.69, 9.17) is 0 Å². The zero-order valence-corrected chi connectivity index (χ0v) is 10.4. The summed E-state index contributed by atoms with van der Waals surface area (Å²) in [6.45, 7) is 0. The molecule has 5 heteroatoms. The van der Waals surface area contributed by atoms with Crippen LogP contribution in [0, 0.1) is 5.92 Å². The van der Waals surface area contributed by atoms with Gasteiger partial charge in [0.25, 0.3) is 0 Å². The fourth-order valence-electron chi connectivity index (χ4n) is 2.05. The minimum atomic E-state index is -3.21. The van der Waals surface area contributed by atoms with E-state index in [1.165, 1.54) is 19.1 Å². The summed E-state index contributed by atoms with van der Waals surface area (Å²) in [5.74, 6) is 1.64. The number of rotatable bonds is 3. The zero-order valence-electron chi connectivity index (χ0n) is 9.60. The van der Waals surface area contributed by atoms with Crippen molar-refractivity contribution in [2.75, 3.05) is 6.26 Å². The second-order valence-electron chi connectivity index (χ2n) is 4.76. The van der Waals surface area contributed by atoms with E-state index in [0.717, 1.165) is 23.7 Å². The van der Waals surface area contributed by atoms with Gasteiger partial charge in [-0.15, -0.1) is 0 Å². The number of sulfone groups is 1. The maximum atomic E-state index is 11.6. The van der Waals surface area contributed by atoms with Crippen molar-refractivity contribution >= 4 is 20.9 Å². The summed E-state index contributed by atoms with van der Waals surface area (Å²) in [7, 11) is -3.21. The van der Waals surface area contributed by atoms with Gasteiger partial charge < -0.3 is 4.98 Å². The molecule has 1 aliphatic rings. The minimum absolute atomic E-state index is 0.313. The molecule has 1 aromatic carbocycles. The lowest BCUT2D eigenvalue weighted by Gasteiger charge is -1.97. The number of benzene rings is 1. The Bertz CT molecular complexity index is 669. The summed E-state index contributed by atoms with van der Waals surface area (Å²) >= 11 is 0. The van der Waals surface area contributed by atoms with Crippen molar-refractivity contribution in [1.29, 1.82) is 0 Å². The molecule has 1 saturated carbocycles. The van der Waals surface area contributed by atoms with Crippen LogP contribution in [0.1, 0.15) is 18.7 Å². The SMILES string of the molecule is CS(=O)(=O)c1cccc2[nH]c(CC3CC3)nc12. The van der Waals surface area contributed by atoms with Crippen LogP contribution in [0.15, 0.2) is 23.1 Å². The van der Waals surface area contributed by atoms with Crippen molar-refractivity contribution in [2.45, 2.75) is 24.2 Å². The zero-order chi connectivity index (χ0) is 12.0. The Kier molecular flexibility index (Phi) is 2.26. The second-order valence-corrected chi connectivity index (χ2v) is 6.74. The maximum absolute atomic E-state index is 11.6. The molecular weight excluding hydrogens is 236 g/mol. The number of fused-ring (bicyclic) bond motifs is 1. The first-order valence-corrected chi connectivity index (χ1v) is 7.61. The van der Waals surface area contributed by atoms with Crippen LogP contribution < -0.4 is 0 Å². The lowest BCUT2D eigenvalue weighted by molar-refractivity contribution is 0.602. The van der Waals surface area contributed by atoms with Crippen molar-refractivity contribution in [3.8, 4) is 0 Å². The summed E-state index contributed by atoms with van der Waals surface area (Å²) in [5.41, 5.74) is 1.38. The van der Waals surface area contributed by atoms with Gasteiger partial charge in [-0.2, -0.15) is 0 Å². The van der Waals surface area contributed by atoms with Crippen molar-refractivity contribution < 1.29 is 8.42 Å². The Morgan fingerprint density at radius 1 is 1.41 bits per heavy atom. The summed E-state index contributed by atoms with van der Waals surface area (Å²) in [6.07, 6.45) is 4.67. The molecule has 1 heterocycles. The topological polar surface area (TPSA) is 62.8 Å². The molecule has 1 fully saturated rings. The molecule has 1 aromatic heterocycles. The molecule has 1 aliphatic carbocycles. The van der Waals surface area contributed by atoms with Crippen molar-refractivity contribution in [2.24, 2.45) is 5.92 Å². The van der Waals surface area contributed by atoms with Crippen LogP contribution in [0.2, 0.25) is 0 Å². The minimum Gasteiger partial charge on any atom is -0.342 e. The van der Waals surface area contributed by atoms with E-state index in [-0.39, 0.29) is 0 Å². The van der Waals surface area contributed by atoms with Gasteiger partial charge in [0.05, 0.1) is 10.4 Å². The molecule has 0 atom stereocenters. The molecule has 17 heavy (non-hydrogen) atoms. The molecule has 0 amide bonds. The van der Waals surface area contributed by atoms with E-state index in [0.29, 0.717) is 10.4 Å². The normalized spacial score (nSPS) is 16.5. The van der Waals surface area contributed by atoms with Gasteiger partial charge in [0, 0.05) is 12.7 Å². The standard InChI is InChI=1S/C12H14N2O2S/c1-17(15,16)10-4-2-3-9-12(10)14-11(13-9)7-8-5-6-8/h2-4,8H,5-7H2,1H3,(H,13,14). The molecule has 0 aliphatic heterocycles. The number of hydrogen-bond acceptors (Lipinski definition) is 3. The number of nitrogens with zero attached hydrogens (tertiary/aromatic N) is 1. The molecule has 0 bridgehead atoms. The molecule has 0 unspecified atom stereocenters. The predicted octanol–water partition coefficient (Wildman–Crippen LogP) is 1.92. The van der Waals surface area contributed by atoms with Gasteiger partial charge in [-0.1, -0.05) is 6.07 Å². The number of aromatic amines is 1. The first kappa shape index (κ1) is 10.8. The van der Waals surface area contributed by atoms with Crippen molar-refractivity contribution in [1.82, 2.24) is 9.97 Å². The number of imidazole rings is 1. The van der Waals surface area contributed by atoms with Gasteiger partial charge in [0.1, 0.15) is 11.3 Å². The van der Waals surface area contributed by atoms with Gasteiger partial charge in [-0.3, -0.25) is 0 Å². The van der Waals surface area contributed by atoms with Gasteiger partial charge in [0.2, 0.25) is 0 Å². The average molecular weight is 250 g/mol. The summed E-state index contributed by atoms with van der Waals surface area (Å²) in [6, 6.07) is 5.23. The van der Waals surface area contributed by atoms with E-state index in [2.05, 4.69) is 9.97 Å². The number of nitrogens with one attached hydrogen (secondary N) is 1. The molecule has 90 valence electrons. The highest BCUT2D eigenvalue weighted by molar-refractivity contribution is 7.91. The van der Waals surface area contributed by atoms with Crippen LogP contribution in [-0.4, -0.2) is 24.6 Å². The third kappa shape index (κ3) is 2.07. The van der Waals surface area contributed by atoms with Crippen LogP contribution in [0.3, 0.4) is 0 Å². The number of aromatic nitrogens is 2. The molecule has 1 N–H and O–H groups in total. The van der Waals surface area contributed by atoms with Crippen LogP contribution in [0.25, 0.3) is 11.0 Å². The van der Waals surface area contributed by atoms with Gasteiger partial charge in [0.15, 0.2) is 9.84 Å². The number of hydrogen-bond donors (Lipinski definition) is 1. The maximum Gasteiger partial charge on any atom is 0.177 e. The molecule has 0 saturated heterocycles. The van der Waals surface area contributed by atoms with E-state index in [1.807, 2.05) is 6.07 Å². The average Bonchev–Trinajstić information content (AvgIpc) is 2.94. The fraction of sp³-hybridized carbons (Fsp3) is 0.417. The third-order valence-electron chi connectivity index (χ3n) is 3.10. The lowest BCUT2D eigenvalue weighted by atomic mass is 10.3. The Morgan fingerprint density at radius 3 is 2.82 bits per heavy atom. The van der Waals surface area contributed by atoms with Crippen LogP contribution >= 0.6 is 0 Å². The smallest absolute Gasteiger partial charge is 0.177 e. The highest BCUT2D eigenvalue weighted by Gasteiger charge is 2.23. The highest BCUT2D eigenvalue weighted by Crippen LogP contribution is 2.32. The van der Waals surface area contributed by atoms with Gasteiger partial charge in [-0.25, -0.2) is 13.4 Å². The van der Waals surface area contributed by atoms with Crippen molar-refractivity contribution in [3.05, 3.63) is 24.0 Å². The Balaban J connectivity index is 2.14. The molecule has 3 rings (SSSR count). The number of H-pyrrole nitrogens is 1. The first-order chi connectivity index (χ1) is 8.04. The van der Waals surface area contributed by atoms with E-state index < -0.39 is 9.84 Å². The Morgan fingerprint density at radius 2 is 2.18 bits per heavy atom. The predicted molar refractivity (Wildman–Crippen MR) is 65.6 cm³/mol. The molecular formula is C12H14N2O2S.